The number of para-hydroxylation sites is 2. The third kappa shape index (κ3) is 4.02. The third-order valence-corrected chi connectivity index (χ3v) is 3.65. The standard InChI is InChI=1S/C21H19NO2/c1-16-8-7-9-17(14-16)15-24-21(23)19-12-5-6-13-20(19)22-18-10-3-2-4-11-18/h2-14,22H,15H2,1H3. The number of hydrogen-bond acceptors (Lipinski definition) is 3. The van der Waals surface area contributed by atoms with Gasteiger partial charge < -0.3 is 10.1 Å². The van der Waals surface area contributed by atoms with E-state index < -0.39 is 0 Å². The Balaban J connectivity index is 1.73. The minimum absolute atomic E-state index is 0.264. The molecule has 0 spiro atoms. The highest BCUT2D eigenvalue weighted by Crippen LogP contribution is 2.21. The third-order valence-electron chi connectivity index (χ3n) is 3.65. The molecule has 0 atom stereocenters. The molecule has 0 radical (unpaired) electrons. The molecule has 3 heteroatoms. The smallest absolute Gasteiger partial charge is 0.340 e. The first-order valence-corrected chi connectivity index (χ1v) is 7.86. The van der Waals surface area contributed by atoms with Crippen molar-refractivity contribution in [2.24, 2.45) is 0 Å². The molecule has 0 saturated heterocycles. The number of ether oxygens (including phenoxy) is 1. The molecule has 0 bridgehead atoms. The number of esters is 1. The average molecular weight is 317 g/mol. The molecule has 3 aromatic rings. The Kier molecular flexibility index (Phi) is 4.92. The summed E-state index contributed by atoms with van der Waals surface area (Å²) in [5.41, 5.74) is 4.31. The van der Waals surface area contributed by atoms with Gasteiger partial charge in [0.1, 0.15) is 6.61 Å². The first-order chi connectivity index (χ1) is 11.7. The number of anilines is 2. The number of carbonyl (C=O) groups is 1. The molecule has 24 heavy (non-hydrogen) atoms. The molecule has 0 amide bonds. The fraction of sp³-hybridized carbons (Fsp3) is 0.0952. The largest absolute Gasteiger partial charge is 0.457 e. The highest BCUT2D eigenvalue weighted by Gasteiger charge is 2.12. The first-order valence-electron chi connectivity index (χ1n) is 7.86. The Morgan fingerprint density at radius 1 is 0.917 bits per heavy atom. The van der Waals surface area contributed by atoms with Crippen LogP contribution in [0.2, 0.25) is 0 Å². The Bertz CT molecular complexity index is 828. The maximum absolute atomic E-state index is 12.5. The Morgan fingerprint density at radius 2 is 1.67 bits per heavy atom. The topological polar surface area (TPSA) is 38.3 Å². The lowest BCUT2D eigenvalue weighted by molar-refractivity contribution is 0.0474. The lowest BCUT2D eigenvalue weighted by Crippen LogP contribution is -2.08. The van der Waals surface area contributed by atoms with Gasteiger partial charge in [0.15, 0.2) is 0 Å². The molecule has 1 N–H and O–H groups in total. The van der Waals surface area contributed by atoms with Gasteiger partial charge in [0.05, 0.1) is 11.3 Å². The summed E-state index contributed by atoms with van der Waals surface area (Å²) in [6.07, 6.45) is 0. The molecule has 3 rings (SSSR count). The van der Waals surface area contributed by atoms with Crippen LogP contribution in [0.1, 0.15) is 21.5 Å². The fourth-order valence-electron chi connectivity index (χ4n) is 2.48. The normalized spacial score (nSPS) is 10.2. The number of carbonyl (C=O) groups excluding carboxylic acids is 1. The monoisotopic (exact) mass is 317 g/mol. The van der Waals surface area contributed by atoms with Gasteiger partial charge >= 0.3 is 5.97 Å². The molecule has 0 aliphatic heterocycles. The quantitative estimate of drug-likeness (QED) is 0.666. The van der Waals surface area contributed by atoms with Crippen LogP contribution >= 0.6 is 0 Å². The van der Waals surface area contributed by atoms with Crippen LogP contribution in [0.3, 0.4) is 0 Å². The van der Waals surface area contributed by atoms with Crippen LogP contribution in [0.5, 0.6) is 0 Å². The molecule has 0 aliphatic carbocycles. The van der Waals surface area contributed by atoms with Gasteiger partial charge in [0.25, 0.3) is 0 Å². The predicted octanol–water partition coefficient (Wildman–Crippen LogP) is 5.10. The van der Waals surface area contributed by atoms with Gasteiger partial charge in [-0.05, 0) is 36.8 Å². The van der Waals surface area contributed by atoms with Crippen molar-refractivity contribution in [2.75, 3.05) is 5.32 Å². The van der Waals surface area contributed by atoms with Gasteiger partial charge in [-0.15, -0.1) is 0 Å². The lowest BCUT2D eigenvalue weighted by Gasteiger charge is -2.12. The molecular weight excluding hydrogens is 298 g/mol. The molecule has 0 aliphatic rings. The number of aryl methyl sites for hydroxylation is 1. The van der Waals surface area contributed by atoms with Crippen LogP contribution in [0.25, 0.3) is 0 Å². The van der Waals surface area contributed by atoms with Crippen LogP contribution in [0.15, 0.2) is 78.9 Å². The van der Waals surface area contributed by atoms with E-state index in [4.69, 9.17) is 4.74 Å². The van der Waals surface area contributed by atoms with E-state index in [0.717, 1.165) is 22.5 Å². The van der Waals surface area contributed by atoms with Crippen molar-refractivity contribution in [3.8, 4) is 0 Å². The van der Waals surface area contributed by atoms with Gasteiger partial charge in [-0.2, -0.15) is 0 Å². The zero-order chi connectivity index (χ0) is 16.8. The van der Waals surface area contributed by atoms with E-state index >= 15 is 0 Å². The molecule has 3 aromatic carbocycles. The van der Waals surface area contributed by atoms with E-state index in [1.54, 1.807) is 6.07 Å². The molecule has 0 aromatic heterocycles. The molecule has 0 fully saturated rings. The summed E-state index contributed by atoms with van der Waals surface area (Å²) >= 11 is 0. The van der Waals surface area contributed by atoms with Crippen molar-refractivity contribution in [1.29, 1.82) is 0 Å². The van der Waals surface area contributed by atoms with Crippen LogP contribution < -0.4 is 5.32 Å². The minimum atomic E-state index is -0.337. The fourth-order valence-corrected chi connectivity index (χ4v) is 2.48. The second kappa shape index (κ2) is 7.47. The zero-order valence-corrected chi connectivity index (χ0v) is 13.5. The minimum Gasteiger partial charge on any atom is -0.457 e. The summed E-state index contributed by atoms with van der Waals surface area (Å²) in [4.78, 5) is 12.5. The van der Waals surface area contributed by atoms with Gasteiger partial charge in [-0.1, -0.05) is 60.2 Å². The Morgan fingerprint density at radius 3 is 2.46 bits per heavy atom. The van der Waals surface area contributed by atoms with Gasteiger partial charge in [-0.25, -0.2) is 4.79 Å². The average Bonchev–Trinajstić information content (AvgIpc) is 2.61. The molecular formula is C21H19NO2. The highest BCUT2D eigenvalue weighted by atomic mass is 16.5. The SMILES string of the molecule is Cc1cccc(COC(=O)c2ccccc2Nc2ccccc2)c1. The summed E-state index contributed by atoms with van der Waals surface area (Å²) in [6, 6.07) is 25.1. The van der Waals surface area contributed by atoms with Crippen LogP contribution in [0.4, 0.5) is 11.4 Å². The van der Waals surface area contributed by atoms with Gasteiger partial charge in [0, 0.05) is 5.69 Å². The summed E-state index contributed by atoms with van der Waals surface area (Å²) in [5.74, 6) is -0.337. The molecule has 0 unspecified atom stereocenters. The van der Waals surface area contributed by atoms with E-state index in [1.165, 1.54) is 0 Å². The molecule has 0 heterocycles. The van der Waals surface area contributed by atoms with Crippen molar-refractivity contribution in [3.05, 3.63) is 95.6 Å². The maximum atomic E-state index is 12.5. The zero-order valence-electron chi connectivity index (χ0n) is 13.5. The second-order valence-electron chi connectivity index (χ2n) is 5.60. The Labute approximate surface area is 141 Å². The van der Waals surface area contributed by atoms with E-state index in [0.29, 0.717) is 5.56 Å². The second-order valence-corrected chi connectivity index (χ2v) is 5.60. The summed E-state index contributed by atoms with van der Waals surface area (Å²) in [6.45, 7) is 2.28. The van der Waals surface area contributed by atoms with E-state index in [1.807, 2.05) is 79.7 Å². The Hall–Kier alpha value is -3.07. The van der Waals surface area contributed by atoms with Crippen molar-refractivity contribution < 1.29 is 9.53 Å². The molecule has 3 nitrogen and oxygen atoms in total. The lowest BCUT2D eigenvalue weighted by atomic mass is 10.1. The van der Waals surface area contributed by atoms with E-state index in [2.05, 4.69) is 5.32 Å². The maximum Gasteiger partial charge on any atom is 0.340 e. The first kappa shape index (κ1) is 15.8. The van der Waals surface area contributed by atoms with E-state index in [-0.39, 0.29) is 12.6 Å². The van der Waals surface area contributed by atoms with Crippen LogP contribution in [-0.4, -0.2) is 5.97 Å². The van der Waals surface area contributed by atoms with Crippen LogP contribution in [0, 0.1) is 6.92 Å². The van der Waals surface area contributed by atoms with Gasteiger partial charge in [0.2, 0.25) is 0 Å². The van der Waals surface area contributed by atoms with Crippen molar-refractivity contribution in [1.82, 2.24) is 0 Å². The predicted molar refractivity (Wildman–Crippen MR) is 96.5 cm³/mol. The van der Waals surface area contributed by atoms with Crippen molar-refractivity contribution >= 4 is 17.3 Å². The summed E-state index contributed by atoms with van der Waals surface area (Å²) in [7, 11) is 0. The molecule has 0 saturated carbocycles. The van der Waals surface area contributed by atoms with Crippen molar-refractivity contribution in [3.63, 3.8) is 0 Å². The number of benzene rings is 3. The number of rotatable bonds is 5. The molecule has 120 valence electrons. The summed E-state index contributed by atoms with van der Waals surface area (Å²) in [5, 5.41) is 3.26. The highest BCUT2D eigenvalue weighted by molar-refractivity contribution is 5.96. The van der Waals surface area contributed by atoms with Crippen molar-refractivity contribution in [2.45, 2.75) is 13.5 Å². The van der Waals surface area contributed by atoms with E-state index in [9.17, 15) is 4.79 Å². The number of hydrogen-bond donors (Lipinski definition) is 1. The van der Waals surface area contributed by atoms with Crippen LogP contribution in [-0.2, 0) is 11.3 Å². The summed E-state index contributed by atoms with van der Waals surface area (Å²) < 4.78 is 5.47. The number of nitrogens with one attached hydrogen (secondary N) is 1. The van der Waals surface area contributed by atoms with Gasteiger partial charge in [-0.3, -0.25) is 0 Å².